The molecule has 2 aromatic carbocycles. The Kier molecular flexibility index (Phi) is 6.27. The summed E-state index contributed by atoms with van der Waals surface area (Å²) in [6, 6.07) is 16.8. The van der Waals surface area contributed by atoms with Crippen LogP contribution in [-0.2, 0) is 0 Å². The first-order valence-corrected chi connectivity index (χ1v) is 10.4. The van der Waals surface area contributed by atoms with Crippen LogP contribution in [0.5, 0.6) is 5.75 Å². The van der Waals surface area contributed by atoms with E-state index in [0.717, 1.165) is 31.5 Å². The largest absolute Gasteiger partial charge is 0.493 e. The second-order valence-electron chi connectivity index (χ2n) is 7.22. The highest BCUT2D eigenvalue weighted by atomic mass is 16.5. The summed E-state index contributed by atoms with van der Waals surface area (Å²) in [6.45, 7) is 4.19. The maximum atomic E-state index is 13.1. The number of nitrogens with zero attached hydrogens (tertiary/aromatic N) is 3. The maximum absolute atomic E-state index is 13.1. The van der Waals surface area contributed by atoms with E-state index in [1.54, 1.807) is 12.1 Å². The number of aromatic nitrogens is 2. The summed E-state index contributed by atoms with van der Waals surface area (Å²) in [6.07, 6.45) is 3.45. The summed E-state index contributed by atoms with van der Waals surface area (Å²) in [5.74, 6) is 0.651. The summed E-state index contributed by atoms with van der Waals surface area (Å²) in [4.78, 5) is 15.2. The van der Waals surface area contributed by atoms with Crippen LogP contribution in [0.1, 0.15) is 54.0 Å². The molecule has 0 bridgehead atoms. The number of ether oxygens (including phenoxy) is 1. The molecular formula is C23H26N4O3. The van der Waals surface area contributed by atoms with E-state index in [1.807, 2.05) is 49.4 Å². The Morgan fingerprint density at radius 2 is 1.80 bits per heavy atom. The number of anilines is 1. The van der Waals surface area contributed by atoms with Gasteiger partial charge in [0.05, 0.1) is 12.2 Å². The minimum atomic E-state index is -0.556. The number of carbonyl (C=O) groups is 1. The second kappa shape index (κ2) is 9.43. The minimum absolute atomic E-state index is 0.259. The molecule has 156 valence electrons. The number of para-hydroxylation sites is 1. The molecule has 0 unspecified atom stereocenters. The Morgan fingerprint density at radius 1 is 1.07 bits per heavy atom. The van der Waals surface area contributed by atoms with Crippen LogP contribution in [0.15, 0.2) is 59.0 Å². The van der Waals surface area contributed by atoms with Gasteiger partial charge in [0.15, 0.2) is 0 Å². The molecule has 1 saturated heterocycles. The van der Waals surface area contributed by atoms with E-state index in [-0.39, 0.29) is 5.91 Å². The van der Waals surface area contributed by atoms with Gasteiger partial charge >= 0.3 is 6.01 Å². The van der Waals surface area contributed by atoms with E-state index in [4.69, 9.17) is 9.15 Å². The average molecular weight is 406 g/mol. The van der Waals surface area contributed by atoms with Crippen molar-refractivity contribution in [2.24, 2.45) is 0 Å². The first-order chi connectivity index (χ1) is 14.8. The third-order valence-electron chi connectivity index (χ3n) is 5.14. The quantitative estimate of drug-likeness (QED) is 0.639. The zero-order valence-corrected chi connectivity index (χ0v) is 17.1. The fourth-order valence-electron chi connectivity index (χ4n) is 3.63. The Bertz CT molecular complexity index is 967. The van der Waals surface area contributed by atoms with Gasteiger partial charge in [-0.25, -0.2) is 0 Å². The monoisotopic (exact) mass is 406 g/mol. The number of carbonyl (C=O) groups excluding carboxylic acids is 1. The molecule has 7 heteroatoms. The summed E-state index contributed by atoms with van der Waals surface area (Å²) in [5.41, 5.74) is 1.34. The number of nitrogens with one attached hydrogen (secondary N) is 1. The van der Waals surface area contributed by atoms with Crippen molar-refractivity contribution in [1.29, 1.82) is 0 Å². The normalized spacial score (nSPS) is 14.9. The Morgan fingerprint density at radius 3 is 2.57 bits per heavy atom. The van der Waals surface area contributed by atoms with Gasteiger partial charge in [-0.05, 0) is 43.9 Å². The van der Waals surface area contributed by atoms with Crippen LogP contribution >= 0.6 is 0 Å². The van der Waals surface area contributed by atoms with Gasteiger partial charge in [-0.2, -0.15) is 0 Å². The lowest BCUT2D eigenvalue weighted by molar-refractivity contribution is 0.0934. The lowest BCUT2D eigenvalue weighted by atomic mass is 10.1. The van der Waals surface area contributed by atoms with Crippen molar-refractivity contribution in [3.8, 4) is 5.75 Å². The molecule has 0 saturated carbocycles. The zero-order chi connectivity index (χ0) is 20.8. The summed E-state index contributed by atoms with van der Waals surface area (Å²) in [5, 5.41) is 11.6. The van der Waals surface area contributed by atoms with E-state index in [1.165, 1.54) is 6.42 Å². The molecule has 1 fully saturated rings. The highest BCUT2D eigenvalue weighted by Crippen LogP contribution is 2.27. The number of hydrogen-bond acceptors (Lipinski definition) is 6. The van der Waals surface area contributed by atoms with Crippen LogP contribution < -0.4 is 15.0 Å². The fraction of sp³-hybridized carbons (Fsp3) is 0.348. The van der Waals surface area contributed by atoms with Crippen LogP contribution in [0, 0.1) is 0 Å². The average Bonchev–Trinajstić information content (AvgIpc) is 3.29. The van der Waals surface area contributed by atoms with E-state index in [9.17, 15) is 4.79 Å². The molecule has 0 spiro atoms. The van der Waals surface area contributed by atoms with E-state index in [0.29, 0.717) is 29.8 Å². The van der Waals surface area contributed by atoms with Gasteiger partial charge in [0.2, 0.25) is 5.89 Å². The third kappa shape index (κ3) is 4.45. The molecule has 7 nitrogen and oxygen atoms in total. The lowest BCUT2D eigenvalue weighted by Gasteiger charge is -2.24. The zero-order valence-electron chi connectivity index (χ0n) is 17.1. The molecule has 30 heavy (non-hydrogen) atoms. The second-order valence-corrected chi connectivity index (χ2v) is 7.22. The predicted octanol–water partition coefficient (Wildman–Crippen LogP) is 3.98. The SMILES string of the molecule is CCOc1ccccc1C(=O)N[C@H](c1ccccc1)c1nnc(N2CCCCC2)o1. The molecule has 2 heterocycles. The summed E-state index contributed by atoms with van der Waals surface area (Å²) >= 11 is 0. The van der Waals surface area contributed by atoms with Crippen LogP contribution in [0.2, 0.25) is 0 Å². The van der Waals surface area contributed by atoms with Crippen LogP contribution in [0.4, 0.5) is 6.01 Å². The molecule has 1 aliphatic heterocycles. The lowest BCUT2D eigenvalue weighted by Crippen LogP contribution is -2.30. The molecule has 3 aromatic rings. The van der Waals surface area contributed by atoms with E-state index in [2.05, 4.69) is 20.4 Å². The maximum Gasteiger partial charge on any atom is 0.318 e. The number of piperidine rings is 1. The molecule has 1 amide bonds. The van der Waals surface area contributed by atoms with Crippen molar-refractivity contribution in [3.63, 3.8) is 0 Å². The van der Waals surface area contributed by atoms with Gasteiger partial charge in [-0.3, -0.25) is 4.79 Å². The van der Waals surface area contributed by atoms with Crippen molar-refractivity contribution in [2.75, 3.05) is 24.6 Å². The number of benzene rings is 2. The molecule has 0 aliphatic carbocycles. The van der Waals surface area contributed by atoms with Gasteiger partial charge in [0.1, 0.15) is 11.8 Å². The molecule has 1 N–H and O–H groups in total. The molecule has 1 atom stereocenters. The van der Waals surface area contributed by atoms with Crippen molar-refractivity contribution >= 4 is 11.9 Å². The topological polar surface area (TPSA) is 80.5 Å². The standard InChI is InChI=1S/C23H26N4O3/c1-2-29-19-14-8-7-13-18(19)21(28)24-20(17-11-5-3-6-12-17)22-25-26-23(30-22)27-15-9-4-10-16-27/h3,5-8,11-14,20H,2,4,9-10,15-16H2,1H3,(H,24,28)/t20-/m1/s1. The van der Waals surface area contributed by atoms with Crippen molar-refractivity contribution in [1.82, 2.24) is 15.5 Å². The van der Waals surface area contributed by atoms with Crippen LogP contribution in [0.25, 0.3) is 0 Å². The van der Waals surface area contributed by atoms with Crippen molar-refractivity contribution in [2.45, 2.75) is 32.2 Å². The number of hydrogen-bond donors (Lipinski definition) is 1. The number of rotatable bonds is 7. The molecule has 1 aromatic heterocycles. The highest BCUT2D eigenvalue weighted by Gasteiger charge is 2.26. The van der Waals surface area contributed by atoms with Gasteiger partial charge in [0, 0.05) is 13.1 Å². The van der Waals surface area contributed by atoms with Crippen LogP contribution in [0.3, 0.4) is 0 Å². The Balaban J connectivity index is 1.62. The van der Waals surface area contributed by atoms with Gasteiger partial charge in [-0.1, -0.05) is 47.6 Å². The smallest absolute Gasteiger partial charge is 0.318 e. The van der Waals surface area contributed by atoms with Crippen molar-refractivity contribution in [3.05, 3.63) is 71.6 Å². The van der Waals surface area contributed by atoms with Gasteiger partial charge in [0.25, 0.3) is 5.91 Å². The number of amides is 1. The van der Waals surface area contributed by atoms with Crippen molar-refractivity contribution < 1.29 is 13.9 Å². The Labute approximate surface area is 176 Å². The molecule has 4 rings (SSSR count). The summed E-state index contributed by atoms with van der Waals surface area (Å²) < 4.78 is 11.6. The highest BCUT2D eigenvalue weighted by molar-refractivity contribution is 5.97. The predicted molar refractivity (Wildman–Crippen MR) is 114 cm³/mol. The van der Waals surface area contributed by atoms with E-state index < -0.39 is 6.04 Å². The van der Waals surface area contributed by atoms with Crippen LogP contribution in [-0.4, -0.2) is 35.8 Å². The van der Waals surface area contributed by atoms with Gasteiger partial charge < -0.3 is 19.4 Å². The third-order valence-corrected chi connectivity index (χ3v) is 5.14. The fourth-order valence-corrected chi connectivity index (χ4v) is 3.63. The first-order valence-electron chi connectivity index (χ1n) is 10.4. The Hall–Kier alpha value is -3.35. The summed E-state index contributed by atoms with van der Waals surface area (Å²) in [7, 11) is 0. The van der Waals surface area contributed by atoms with E-state index >= 15 is 0 Å². The van der Waals surface area contributed by atoms with Gasteiger partial charge in [-0.15, -0.1) is 5.10 Å². The molecule has 1 aliphatic rings. The minimum Gasteiger partial charge on any atom is -0.493 e. The first kappa shape index (κ1) is 19.9. The molecule has 0 radical (unpaired) electrons. The molecular weight excluding hydrogens is 380 g/mol.